The molecule has 1 aliphatic carbocycles. The third-order valence-corrected chi connectivity index (χ3v) is 2.07. The first-order valence-corrected chi connectivity index (χ1v) is 2.86. The highest BCUT2D eigenvalue weighted by Crippen LogP contribution is 2.35. The predicted molar refractivity (Wildman–Crippen MR) is 27.8 cm³/mol. The van der Waals surface area contributed by atoms with Gasteiger partial charge < -0.3 is 0 Å². The number of hydrogen-bond acceptors (Lipinski definition) is 0. The van der Waals surface area contributed by atoms with Gasteiger partial charge in [0.2, 0.25) is 0 Å². The van der Waals surface area contributed by atoms with E-state index in [1.165, 1.54) is 0 Å². The van der Waals surface area contributed by atoms with Gasteiger partial charge in [0.25, 0.3) is 0 Å². The minimum atomic E-state index is -0.491. The smallest absolute Gasteiger partial charge is 0.103 e. The molecule has 1 saturated carbocycles. The van der Waals surface area contributed by atoms with Gasteiger partial charge >= 0.3 is 0 Å². The molecule has 42 valence electrons. The zero-order valence-electron chi connectivity index (χ0n) is 4.82. The summed E-state index contributed by atoms with van der Waals surface area (Å²) in [5.74, 6) is 0.968. The average molecular weight is 102 g/mol. The second-order valence-electron chi connectivity index (χ2n) is 2.59. The topological polar surface area (TPSA) is 0 Å². The van der Waals surface area contributed by atoms with Gasteiger partial charge in [-0.2, -0.15) is 0 Å². The van der Waals surface area contributed by atoms with E-state index < -0.39 is 6.17 Å². The quantitative estimate of drug-likeness (QED) is 0.439. The van der Waals surface area contributed by atoms with Crippen molar-refractivity contribution in [3.8, 4) is 0 Å². The van der Waals surface area contributed by atoms with Crippen molar-refractivity contribution in [2.75, 3.05) is 0 Å². The highest BCUT2D eigenvalue weighted by molar-refractivity contribution is 4.82. The standard InChI is InChI=1S/C6H11F/c1-4-3-6(7)5(4)2/h4-6H,3H2,1-2H3/t4-,5+,6-/m0/s1. The minimum absolute atomic E-state index is 0.333. The first-order valence-electron chi connectivity index (χ1n) is 2.86. The van der Waals surface area contributed by atoms with Crippen molar-refractivity contribution in [1.29, 1.82) is 0 Å². The SMILES string of the molecule is C[C@@H]1[C@@H](C)C[C@@H]1F. The number of alkyl halides is 1. The van der Waals surface area contributed by atoms with Gasteiger partial charge in [0.05, 0.1) is 0 Å². The van der Waals surface area contributed by atoms with Crippen molar-refractivity contribution in [2.24, 2.45) is 11.8 Å². The summed E-state index contributed by atoms with van der Waals surface area (Å²) in [6.45, 7) is 4.07. The molecule has 0 bridgehead atoms. The Morgan fingerprint density at radius 3 is 2.00 bits per heavy atom. The predicted octanol–water partition coefficient (Wildman–Crippen LogP) is 2.00. The van der Waals surface area contributed by atoms with E-state index >= 15 is 0 Å². The fourth-order valence-corrected chi connectivity index (χ4v) is 0.945. The van der Waals surface area contributed by atoms with Gasteiger partial charge in [-0.25, -0.2) is 4.39 Å². The molecular weight excluding hydrogens is 91.1 g/mol. The van der Waals surface area contributed by atoms with Gasteiger partial charge in [-0.1, -0.05) is 13.8 Å². The van der Waals surface area contributed by atoms with Crippen LogP contribution in [0, 0.1) is 11.8 Å². The lowest BCUT2D eigenvalue weighted by Gasteiger charge is -2.34. The molecule has 0 unspecified atom stereocenters. The monoisotopic (exact) mass is 102 g/mol. The van der Waals surface area contributed by atoms with E-state index in [4.69, 9.17) is 0 Å². The van der Waals surface area contributed by atoms with Crippen LogP contribution in [0.15, 0.2) is 0 Å². The van der Waals surface area contributed by atoms with E-state index in [2.05, 4.69) is 6.92 Å². The first-order chi connectivity index (χ1) is 3.22. The molecule has 0 amide bonds. The minimum Gasteiger partial charge on any atom is -0.247 e. The van der Waals surface area contributed by atoms with Crippen LogP contribution in [-0.2, 0) is 0 Å². The zero-order valence-corrected chi connectivity index (χ0v) is 4.82. The van der Waals surface area contributed by atoms with E-state index in [-0.39, 0.29) is 0 Å². The summed E-state index contributed by atoms with van der Waals surface area (Å²) in [7, 11) is 0. The van der Waals surface area contributed by atoms with Gasteiger partial charge in [0.1, 0.15) is 6.17 Å². The largest absolute Gasteiger partial charge is 0.247 e. The van der Waals surface area contributed by atoms with Crippen molar-refractivity contribution >= 4 is 0 Å². The van der Waals surface area contributed by atoms with Crippen LogP contribution < -0.4 is 0 Å². The molecule has 0 spiro atoms. The molecule has 0 saturated heterocycles. The maximum absolute atomic E-state index is 12.2. The Kier molecular flexibility index (Phi) is 1.06. The van der Waals surface area contributed by atoms with Crippen molar-refractivity contribution < 1.29 is 4.39 Å². The number of rotatable bonds is 0. The molecule has 3 atom stereocenters. The van der Waals surface area contributed by atoms with E-state index in [1.54, 1.807) is 0 Å². The first kappa shape index (κ1) is 5.07. The zero-order chi connectivity index (χ0) is 5.44. The molecule has 7 heavy (non-hydrogen) atoms. The van der Waals surface area contributed by atoms with Crippen LogP contribution in [0.2, 0.25) is 0 Å². The maximum Gasteiger partial charge on any atom is 0.103 e. The lowest BCUT2D eigenvalue weighted by molar-refractivity contribution is 0.0593. The lowest BCUT2D eigenvalue weighted by atomic mass is 9.75. The molecule has 0 heterocycles. The van der Waals surface area contributed by atoms with Crippen LogP contribution in [0.4, 0.5) is 4.39 Å². The molecule has 0 aromatic rings. The Balaban J connectivity index is 2.29. The summed E-state index contributed by atoms with van der Waals surface area (Å²) >= 11 is 0. The van der Waals surface area contributed by atoms with Crippen molar-refractivity contribution in [2.45, 2.75) is 26.4 Å². The Bertz CT molecular complexity index is 62.6. The summed E-state index contributed by atoms with van der Waals surface area (Å²) in [6.07, 6.45) is 0.302. The van der Waals surface area contributed by atoms with E-state index in [9.17, 15) is 4.39 Å². The molecule has 1 heteroatoms. The Morgan fingerprint density at radius 1 is 1.43 bits per heavy atom. The molecule has 0 aromatic carbocycles. The van der Waals surface area contributed by atoms with Gasteiger partial charge in [0, 0.05) is 0 Å². The Hall–Kier alpha value is -0.0700. The third kappa shape index (κ3) is 0.644. The van der Waals surface area contributed by atoms with Crippen molar-refractivity contribution in [3.63, 3.8) is 0 Å². The molecule has 0 N–H and O–H groups in total. The summed E-state index contributed by atoms with van der Waals surface area (Å²) < 4.78 is 12.2. The summed E-state index contributed by atoms with van der Waals surface area (Å²) in [4.78, 5) is 0. The highest BCUT2D eigenvalue weighted by atomic mass is 19.1. The molecule has 0 nitrogen and oxygen atoms in total. The van der Waals surface area contributed by atoms with Gasteiger partial charge in [-0.15, -0.1) is 0 Å². The summed E-state index contributed by atoms with van der Waals surface area (Å²) in [5, 5.41) is 0. The fraction of sp³-hybridized carbons (Fsp3) is 1.00. The lowest BCUT2D eigenvalue weighted by Crippen LogP contribution is -2.33. The fourth-order valence-electron chi connectivity index (χ4n) is 0.945. The van der Waals surface area contributed by atoms with Crippen LogP contribution >= 0.6 is 0 Å². The van der Waals surface area contributed by atoms with Gasteiger partial charge in [-0.05, 0) is 18.3 Å². The Labute approximate surface area is 43.7 Å². The average Bonchev–Trinajstić information content (AvgIpc) is 1.68. The second-order valence-corrected chi connectivity index (χ2v) is 2.59. The number of halogens is 1. The van der Waals surface area contributed by atoms with Gasteiger partial charge in [-0.3, -0.25) is 0 Å². The van der Waals surface area contributed by atoms with Crippen LogP contribution in [0.3, 0.4) is 0 Å². The maximum atomic E-state index is 12.2. The number of hydrogen-bond donors (Lipinski definition) is 0. The van der Waals surface area contributed by atoms with Crippen molar-refractivity contribution in [1.82, 2.24) is 0 Å². The van der Waals surface area contributed by atoms with E-state index in [1.807, 2.05) is 6.92 Å². The highest BCUT2D eigenvalue weighted by Gasteiger charge is 2.33. The molecular formula is C6H11F. The van der Waals surface area contributed by atoms with E-state index in [0.717, 1.165) is 6.42 Å². The molecule has 0 aliphatic heterocycles. The van der Waals surface area contributed by atoms with E-state index in [0.29, 0.717) is 11.8 Å². The Morgan fingerprint density at radius 2 is 2.00 bits per heavy atom. The summed E-state index contributed by atoms with van der Waals surface area (Å²) in [6, 6.07) is 0. The van der Waals surface area contributed by atoms with Crippen molar-refractivity contribution in [3.05, 3.63) is 0 Å². The normalized spacial score (nSPS) is 51.0. The molecule has 1 rings (SSSR count). The van der Waals surface area contributed by atoms with Crippen LogP contribution in [0.1, 0.15) is 20.3 Å². The molecule has 0 radical (unpaired) electrons. The third-order valence-electron chi connectivity index (χ3n) is 2.07. The van der Waals surface area contributed by atoms with Crippen LogP contribution in [-0.4, -0.2) is 6.17 Å². The van der Waals surface area contributed by atoms with Gasteiger partial charge in [0.15, 0.2) is 0 Å². The molecule has 1 aliphatic rings. The molecule has 1 fully saturated rings. The molecule has 0 aromatic heterocycles. The summed E-state index contributed by atoms with van der Waals surface area (Å²) in [5.41, 5.74) is 0. The second kappa shape index (κ2) is 1.46. The van der Waals surface area contributed by atoms with Crippen LogP contribution in [0.5, 0.6) is 0 Å². The van der Waals surface area contributed by atoms with Crippen LogP contribution in [0.25, 0.3) is 0 Å².